The van der Waals surface area contributed by atoms with Gasteiger partial charge in [0.15, 0.2) is 0 Å². The van der Waals surface area contributed by atoms with Crippen molar-refractivity contribution >= 4 is 23.8 Å². The summed E-state index contributed by atoms with van der Waals surface area (Å²) in [5.74, 6) is -0.377. The molecule has 0 aromatic carbocycles. The van der Waals surface area contributed by atoms with Crippen LogP contribution in [0.15, 0.2) is 0 Å². The summed E-state index contributed by atoms with van der Waals surface area (Å²) >= 11 is 1.78. The van der Waals surface area contributed by atoms with Crippen molar-refractivity contribution in [2.45, 2.75) is 69.6 Å². The van der Waals surface area contributed by atoms with E-state index >= 15 is 0 Å². The zero-order valence-corrected chi connectivity index (χ0v) is 14.9. The lowest BCUT2D eigenvalue weighted by atomic mass is 10.2. The summed E-state index contributed by atoms with van der Waals surface area (Å²) in [6.45, 7) is 12.3. The van der Waals surface area contributed by atoms with Gasteiger partial charge < -0.3 is 9.47 Å². The van der Waals surface area contributed by atoms with E-state index in [9.17, 15) is 9.59 Å². The summed E-state index contributed by atoms with van der Waals surface area (Å²) in [5.41, 5.74) is -0.576. The number of methoxy groups -OCH3 is 1. The van der Waals surface area contributed by atoms with Crippen LogP contribution in [0.3, 0.4) is 0 Å². The molecule has 0 unspecified atom stereocenters. The molecule has 0 aromatic rings. The van der Waals surface area contributed by atoms with Crippen molar-refractivity contribution in [2.75, 3.05) is 13.7 Å². The quantitative estimate of drug-likeness (QED) is 0.733. The maximum atomic E-state index is 12.3. The maximum Gasteiger partial charge on any atom is 0.411 e. The Labute approximate surface area is 131 Å². The van der Waals surface area contributed by atoms with Crippen LogP contribution in [-0.4, -0.2) is 52.3 Å². The minimum absolute atomic E-state index is 0.0786. The molecule has 0 saturated carbocycles. The number of hydrogen-bond donors (Lipinski definition) is 0. The lowest BCUT2D eigenvalue weighted by molar-refractivity contribution is -0.145. The van der Waals surface area contributed by atoms with Crippen LogP contribution in [0.5, 0.6) is 0 Å². The summed E-state index contributed by atoms with van der Waals surface area (Å²) in [4.78, 5) is 25.7. The third-order valence-corrected chi connectivity index (χ3v) is 4.27. The lowest BCUT2D eigenvalue weighted by Crippen LogP contribution is -2.43. The Balaban J connectivity index is 2.83. The number of nitrogens with zero attached hydrogens (tertiary/aromatic N) is 1. The molecule has 1 heterocycles. The van der Waals surface area contributed by atoms with Crippen molar-refractivity contribution < 1.29 is 19.1 Å². The summed E-state index contributed by atoms with van der Waals surface area (Å²) in [6, 6.07) is -0.551. The van der Waals surface area contributed by atoms with Crippen molar-refractivity contribution in [3.8, 4) is 0 Å². The molecular formula is C15H27NO4S. The van der Waals surface area contributed by atoms with E-state index in [1.165, 1.54) is 12.0 Å². The first-order valence-electron chi connectivity index (χ1n) is 7.18. The second-order valence-electron chi connectivity index (χ2n) is 7.26. The Kier molecular flexibility index (Phi) is 5.58. The molecule has 1 aliphatic heterocycles. The second-order valence-corrected chi connectivity index (χ2v) is 9.39. The lowest BCUT2D eigenvalue weighted by Gasteiger charge is -2.27. The molecule has 122 valence electrons. The molecule has 1 fully saturated rings. The topological polar surface area (TPSA) is 55.8 Å². The number of rotatable bonds is 2. The van der Waals surface area contributed by atoms with Crippen LogP contribution in [0.25, 0.3) is 0 Å². The molecule has 0 spiro atoms. The Morgan fingerprint density at radius 3 is 2.14 bits per heavy atom. The third kappa shape index (κ3) is 5.77. The van der Waals surface area contributed by atoms with E-state index < -0.39 is 17.7 Å². The predicted molar refractivity (Wildman–Crippen MR) is 84.5 cm³/mol. The van der Waals surface area contributed by atoms with Crippen molar-refractivity contribution in [3.05, 3.63) is 0 Å². The summed E-state index contributed by atoms with van der Waals surface area (Å²) in [6.07, 6.45) is 0.156. The Morgan fingerprint density at radius 1 is 1.14 bits per heavy atom. The van der Waals surface area contributed by atoms with Crippen LogP contribution < -0.4 is 0 Å². The highest BCUT2D eigenvalue weighted by Crippen LogP contribution is 2.36. The summed E-state index contributed by atoms with van der Waals surface area (Å²) in [5, 5.41) is 0.210. The molecule has 0 N–H and O–H groups in total. The monoisotopic (exact) mass is 317 g/mol. The van der Waals surface area contributed by atoms with Crippen LogP contribution in [0.1, 0.15) is 48.0 Å². The van der Waals surface area contributed by atoms with Crippen molar-refractivity contribution in [2.24, 2.45) is 0 Å². The molecule has 0 aromatic heterocycles. The largest absolute Gasteiger partial charge is 0.467 e. The SMILES string of the molecule is COC(=O)[C@@H]1C[C@H](SC(C)(C)C)CN1C(=O)OC(C)(C)C. The smallest absolute Gasteiger partial charge is 0.411 e. The zero-order chi connectivity index (χ0) is 16.4. The van der Waals surface area contributed by atoms with Crippen LogP contribution in [0.4, 0.5) is 4.79 Å². The summed E-state index contributed by atoms with van der Waals surface area (Å²) in [7, 11) is 1.35. The fraction of sp³-hybridized carbons (Fsp3) is 0.867. The van der Waals surface area contributed by atoms with Crippen molar-refractivity contribution in [3.63, 3.8) is 0 Å². The molecular weight excluding hydrogens is 290 g/mol. The average molecular weight is 317 g/mol. The molecule has 1 aliphatic rings. The van der Waals surface area contributed by atoms with Gasteiger partial charge in [-0.15, -0.1) is 0 Å². The minimum atomic E-state index is -0.576. The molecule has 6 heteroatoms. The van der Waals surface area contributed by atoms with Gasteiger partial charge in [-0.2, -0.15) is 11.8 Å². The van der Waals surface area contributed by atoms with E-state index in [0.29, 0.717) is 13.0 Å². The van der Waals surface area contributed by atoms with E-state index in [1.807, 2.05) is 20.8 Å². The van der Waals surface area contributed by atoms with E-state index in [4.69, 9.17) is 9.47 Å². The van der Waals surface area contributed by atoms with E-state index in [0.717, 1.165) is 0 Å². The molecule has 21 heavy (non-hydrogen) atoms. The average Bonchev–Trinajstić information content (AvgIpc) is 2.67. The number of carbonyl (C=O) groups is 2. The highest BCUT2D eigenvalue weighted by atomic mass is 32.2. The molecule has 0 radical (unpaired) electrons. The fourth-order valence-corrected chi connectivity index (χ4v) is 3.78. The number of amides is 1. The molecule has 1 saturated heterocycles. The first-order valence-corrected chi connectivity index (χ1v) is 8.06. The van der Waals surface area contributed by atoms with Crippen molar-refractivity contribution in [1.82, 2.24) is 4.90 Å². The number of ether oxygens (including phenoxy) is 2. The van der Waals surface area contributed by atoms with Gasteiger partial charge in [-0.3, -0.25) is 4.90 Å². The van der Waals surface area contributed by atoms with Gasteiger partial charge in [0.25, 0.3) is 0 Å². The summed E-state index contributed by atoms with van der Waals surface area (Å²) < 4.78 is 10.3. The molecule has 2 atom stereocenters. The van der Waals surface area contributed by atoms with Gasteiger partial charge in [0, 0.05) is 16.5 Å². The number of likely N-dealkylation sites (tertiary alicyclic amines) is 1. The number of hydrogen-bond acceptors (Lipinski definition) is 5. The van der Waals surface area contributed by atoms with Crippen LogP contribution in [-0.2, 0) is 14.3 Å². The Hall–Kier alpha value is -0.910. The Morgan fingerprint density at radius 2 is 1.71 bits per heavy atom. The number of thioether (sulfide) groups is 1. The van der Waals surface area contributed by atoms with Crippen LogP contribution >= 0.6 is 11.8 Å². The highest BCUT2D eigenvalue weighted by Gasteiger charge is 2.43. The highest BCUT2D eigenvalue weighted by molar-refractivity contribution is 8.01. The minimum Gasteiger partial charge on any atom is -0.467 e. The predicted octanol–water partition coefficient (Wildman–Crippen LogP) is 3.07. The maximum absolute atomic E-state index is 12.3. The molecule has 1 rings (SSSR count). The standard InChI is InChI=1S/C15H27NO4S/c1-14(2,3)20-13(18)16-9-10(21-15(4,5)6)8-11(16)12(17)19-7/h10-11H,8-9H2,1-7H3/t10-,11-/m0/s1. The first-order chi connectivity index (χ1) is 9.43. The van der Waals surface area contributed by atoms with Crippen molar-refractivity contribution in [1.29, 1.82) is 0 Å². The second kappa shape index (κ2) is 6.46. The zero-order valence-electron chi connectivity index (χ0n) is 14.1. The molecule has 0 bridgehead atoms. The van der Waals surface area contributed by atoms with E-state index in [2.05, 4.69) is 20.8 Å². The van der Waals surface area contributed by atoms with Gasteiger partial charge in [-0.25, -0.2) is 9.59 Å². The fourth-order valence-electron chi connectivity index (χ4n) is 2.26. The molecule has 0 aliphatic carbocycles. The van der Waals surface area contributed by atoms with Gasteiger partial charge in [0.1, 0.15) is 11.6 Å². The van der Waals surface area contributed by atoms with E-state index in [-0.39, 0.29) is 16.0 Å². The van der Waals surface area contributed by atoms with Gasteiger partial charge in [0.05, 0.1) is 7.11 Å². The van der Waals surface area contributed by atoms with Crippen LogP contribution in [0, 0.1) is 0 Å². The van der Waals surface area contributed by atoms with Gasteiger partial charge in [-0.05, 0) is 27.2 Å². The number of carbonyl (C=O) groups excluding carboxylic acids is 2. The first kappa shape index (κ1) is 18.1. The van der Waals surface area contributed by atoms with Gasteiger partial charge >= 0.3 is 12.1 Å². The van der Waals surface area contributed by atoms with E-state index in [1.54, 1.807) is 11.8 Å². The molecule has 5 nitrogen and oxygen atoms in total. The van der Waals surface area contributed by atoms with Gasteiger partial charge in [-0.1, -0.05) is 20.8 Å². The molecule has 1 amide bonds. The van der Waals surface area contributed by atoms with Crippen LogP contribution in [0.2, 0.25) is 0 Å². The number of esters is 1. The Bertz CT molecular complexity index is 397. The third-order valence-electron chi connectivity index (χ3n) is 2.88. The normalized spacial score (nSPS) is 23.1. The van der Waals surface area contributed by atoms with Gasteiger partial charge in [0.2, 0.25) is 0 Å².